The Morgan fingerprint density at radius 3 is 2.67 bits per heavy atom. The van der Waals surface area contributed by atoms with Crippen molar-refractivity contribution in [3.63, 3.8) is 0 Å². The first-order valence-electron chi connectivity index (χ1n) is 6.53. The van der Waals surface area contributed by atoms with Gasteiger partial charge in [0.2, 0.25) is 0 Å². The number of methoxy groups -OCH3 is 1. The monoisotopic (exact) mass is 256 g/mol. The molecule has 0 bridgehead atoms. The minimum atomic E-state index is -0.901. The summed E-state index contributed by atoms with van der Waals surface area (Å²) in [4.78, 5) is 22.6. The molecule has 1 N–H and O–H groups in total. The van der Waals surface area contributed by atoms with Gasteiger partial charge in [-0.25, -0.2) is 0 Å². The van der Waals surface area contributed by atoms with E-state index in [9.17, 15) is 14.7 Å². The summed E-state index contributed by atoms with van der Waals surface area (Å²) in [7, 11) is 1.29. The summed E-state index contributed by atoms with van der Waals surface area (Å²) < 4.78 is 10.3. The van der Waals surface area contributed by atoms with E-state index < -0.39 is 17.9 Å². The Morgan fingerprint density at radius 1 is 1.39 bits per heavy atom. The molecule has 0 aromatic heterocycles. The molecule has 0 unspecified atom stereocenters. The second-order valence-corrected chi connectivity index (χ2v) is 5.26. The minimum absolute atomic E-state index is 0.0287. The molecule has 1 heterocycles. The zero-order valence-electron chi connectivity index (χ0n) is 10.6. The molecule has 1 saturated carbocycles. The Morgan fingerprint density at radius 2 is 2.11 bits per heavy atom. The standard InChI is InChI=1S/C13H20O5/c1-17-12(14)7-10(13(15)16)9-4-5-18-11(6-9)8-2-3-8/h8-11H,2-7H2,1H3,(H,15,16)/t9-,10+,11-/m1/s1. The van der Waals surface area contributed by atoms with Crippen LogP contribution in [0.2, 0.25) is 0 Å². The van der Waals surface area contributed by atoms with Gasteiger partial charge in [-0.2, -0.15) is 0 Å². The number of carbonyl (C=O) groups is 2. The third-order valence-corrected chi connectivity index (χ3v) is 4.00. The maximum absolute atomic E-state index is 11.3. The Kier molecular flexibility index (Phi) is 4.22. The maximum Gasteiger partial charge on any atom is 0.307 e. The number of esters is 1. The summed E-state index contributed by atoms with van der Waals surface area (Å²) in [6, 6.07) is 0. The Balaban J connectivity index is 1.95. The molecule has 0 aromatic carbocycles. The van der Waals surface area contributed by atoms with E-state index in [0.717, 1.165) is 12.8 Å². The number of hydrogen-bond donors (Lipinski definition) is 1. The highest BCUT2D eigenvalue weighted by Gasteiger charge is 2.40. The number of rotatable bonds is 5. The van der Waals surface area contributed by atoms with Crippen molar-refractivity contribution in [2.45, 2.75) is 38.2 Å². The Hall–Kier alpha value is -1.10. The van der Waals surface area contributed by atoms with E-state index in [-0.39, 0.29) is 18.4 Å². The first-order valence-corrected chi connectivity index (χ1v) is 6.53. The SMILES string of the molecule is COC(=O)C[C@H](C(=O)O)[C@@H]1CCO[C@@H](C2CC2)C1. The van der Waals surface area contributed by atoms with Gasteiger partial charge in [0.15, 0.2) is 0 Å². The summed E-state index contributed by atoms with van der Waals surface area (Å²) in [5.41, 5.74) is 0. The van der Waals surface area contributed by atoms with E-state index >= 15 is 0 Å². The molecule has 102 valence electrons. The Labute approximate surface area is 106 Å². The van der Waals surface area contributed by atoms with Crippen molar-refractivity contribution in [2.24, 2.45) is 17.8 Å². The smallest absolute Gasteiger partial charge is 0.307 e. The van der Waals surface area contributed by atoms with Crippen LogP contribution in [0.5, 0.6) is 0 Å². The second kappa shape index (κ2) is 5.69. The van der Waals surface area contributed by atoms with Gasteiger partial charge in [-0.3, -0.25) is 9.59 Å². The van der Waals surface area contributed by atoms with Crippen molar-refractivity contribution < 1.29 is 24.2 Å². The fraction of sp³-hybridized carbons (Fsp3) is 0.846. The summed E-state index contributed by atoms with van der Waals surface area (Å²) in [6.07, 6.45) is 4.02. The van der Waals surface area contributed by atoms with Crippen LogP contribution in [0, 0.1) is 17.8 Å². The number of aliphatic carboxylic acids is 1. The fourth-order valence-electron chi connectivity index (χ4n) is 2.74. The van der Waals surface area contributed by atoms with Crippen molar-refractivity contribution in [3.05, 3.63) is 0 Å². The van der Waals surface area contributed by atoms with E-state index in [4.69, 9.17) is 4.74 Å². The number of carbonyl (C=O) groups excluding carboxylic acids is 1. The van der Waals surface area contributed by atoms with Crippen LogP contribution in [0.15, 0.2) is 0 Å². The average Bonchev–Trinajstić information content (AvgIpc) is 3.19. The molecule has 3 atom stereocenters. The fourth-order valence-corrected chi connectivity index (χ4v) is 2.74. The molecule has 2 fully saturated rings. The average molecular weight is 256 g/mol. The lowest BCUT2D eigenvalue weighted by atomic mass is 9.81. The molecule has 1 aliphatic heterocycles. The first kappa shape index (κ1) is 13.3. The van der Waals surface area contributed by atoms with E-state index in [0.29, 0.717) is 12.5 Å². The second-order valence-electron chi connectivity index (χ2n) is 5.26. The highest BCUT2D eigenvalue weighted by molar-refractivity contribution is 5.78. The van der Waals surface area contributed by atoms with E-state index in [2.05, 4.69) is 4.74 Å². The van der Waals surface area contributed by atoms with Crippen molar-refractivity contribution in [1.29, 1.82) is 0 Å². The van der Waals surface area contributed by atoms with Gasteiger partial charge in [-0.15, -0.1) is 0 Å². The van der Waals surface area contributed by atoms with Crippen LogP contribution in [-0.4, -0.2) is 36.9 Å². The Bertz CT molecular complexity index is 323. The van der Waals surface area contributed by atoms with Gasteiger partial charge in [-0.1, -0.05) is 0 Å². The lowest BCUT2D eigenvalue weighted by molar-refractivity contribution is -0.154. The normalized spacial score (nSPS) is 29.6. The predicted molar refractivity (Wildman–Crippen MR) is 62.9 cm³/mol. The van der Waals surface area contributed by atoms with Gasteiger partial charge in [-0.05, 0) is 37.5 Å². The van der Waals surface area contributed by atoms with Crippen molar-refractivity contribution in [1.82, 2.24) is 0 Å². The third-order valence-electron chi connectivity index (χ3n) is 4.00. The molecule has 0 aromatic rings. The molecular formula is C13H20O5. The number of carboxylic acid groups (broad SMARTS) is 1. The quantitative estimate of drug-likeness (QED) is 0.754. The van der Waals surface area contributed by atoms with Gasteiger partial charge in [0.05, 0.1) is 25.6 Å². The highest BCUT2D eigenvalue weighted by Crippen LogP contribution is 2.41. The molecule has 2 rings (SSSR count). The van der Waals surface area contributed by atoms with Crippen molar-refractivity contribution in [2.75, 3.05) is 13.7 Å². The van der Waals surface area contributed by atoms with E-state index in [1.807, 2.05) is 0 Å². The van der Waals surface area contributed by atoms with Gasteiger partial charge in [0.25, 0.3) is 0 Å². The van der Waals surface area contributed by atoms with Crippen LogP contribution >= 0.6 is 0 Å². The van der Waals surface area contributed by atoms with Crippen molar-refractivity contribution in [3.8, 4) is 0 Å². The summed E-state index contributed by atoms with van der Waals surface area (Å²) in [5.74, 6) is -1.34. The summed E-state index contributed by atoms with van der Waals surface area (Å²) in [5, 5.41) is 9.26. The molecule has 5 nitrogen and oxygen atoms in total. The molecular weight excluding hydrogens is 236 g/mol. The lowest BCUT2D eigenvalue weighted by Gasteiger charge is -2.32. The van der Waals surface area contributed by atoms with Crippen LogP contribution in [0.4, 0.5) is 0 Å². The number of carboxylic acids is 1. The van der Waals surface area contributed by atoms with Crippen LogP contribution < -0.4 is 0 Å². The molecule has 0 spiro atoms. The van der Waals surface area contributed by atoms with Crippen molar-refractivity contribution >= 4 is 11.9 Å². The van der Waals surface area contributed by atoms with Gasteiger partial charge in [0.1, 0.15) is 0 Å². The largest absolute Gasteiger partial charge is 0.481 e. The molecule has 5 heteroatoms. The lowest BCUT2D eigenvalue weighted by Crippen LogP contribution is -2.35. The predicted octanol–water partition coefficient (Wildman–Crippen LogP) is 1.46. The summed E-state index contributed by atoms with van der Waals surface area (Å²) in [6.45, 7) is 0.608. The molecule has 1 aliphatic carbocycles. The van der Waals surface area contributed by atoms with Crippen LogP contribution in [-0.2, 0) is 19.1 Å². The highest BCUT2D eigenvalue weighted by atomic mass is 16.5. The first-order chi connectivity index (χ1) is 8.61. The summed E-state index contributed by atoms with van der Waals surface area (Å²) >= 11 is 0. The molecule has 0 amide bonds. The topological polar surface area (TPSA) is 72.8 Å². The number of ether oxygens (including phenoxy) is 2. The van der Waals surface area contributed by atoms with E-state index in [1.165, 1.54) is 20.0 Å². The third kappa shape index (κ3) is 3.22. The zero-order chi connectivity index (χ0) is 13.1. The van der Waals surface area contributed by atoms with E-state index in [1.54, 1.807) is 0 Å². The molecule has 1 saturated heterocycles. The van der Waals surface area contributed by atoms with Crippen LogP contribution in [0.25, 0.3) is 0 Å². The minimum Gasteiger partial charge on any atom is -0.481 e. The maximum atomic E-state index is 11.3. The molecule has 2 aliphatic rings. The molecule has 18 heavy (non-hydrogen) atoms. The molecule has 0 radical (unpaired) electrons. The van der Waals surface area contributed by atoms with Crippen LogP contribution in [0.1, 0.15) is 32.1 Å². The van der Waals surface area contributed by atoms with Gasteiger partial charge >= 0.3 is 11.9 Å². The van der Waals surface area contributed by atoms with Gasteiger partial charge in [0, 0.05) is 6.61 Å². The van der Waals surface area contributed by atoms with Gasteiger partial charge < -0.3 is 14.6 Å². The number of hydrogen-bond acceptors (Lipinski definition) is 4. The van der Waals surface area contributed by atoms with Crippen LogP contribution in [0.3, 0.4) is 0 Å². The zero-order valence-corrected chi connectivity index (χ0v) is 10.6.